The van der Waals surface area contributed by atoms with Crippen molar-refractivity contribution in [3.63, 3.8) is 0 Å². The van der Waals surface area contributed by atoms with Crippen LogP contribution in [-0.2, 0) is 9.59 Å². The molecule has 0 unspecified atom stereocenters. The van der Waals surface area contributed by atoms with Gasteiger partial charge in [-0.1, -0.05) is 24.3 Å². The number of hydrogen-bond acceptors (Lipinski definition) is 8. The number of amides is 4. The third-order valence-corrected chi connectivity index (χ3v) is 4.95. The lowest BCUT2D eigenvalue weighted by molar-refractivity contribution is -0.134. The maximum Gasteiger partial charge on any atom is 0.268 e. The first kappa shape index (κ1) is 26.4. The van der Waals surface area contributed by atoms with Crippen LogP contribution >= 0.6 is 0 Å². The van der Waals surface area contributed by atoms with Crippen molar-refractivity contribution in [2.45, 2.75) is 38.1 Å². The summed E-state index contributed by atoms with van der Waals surface area (Å²) in [5.41, 5.74) is 4.62. The van der Waals surface area contributed by atoms with Gasteiger partial charge in [0, 0.05) is 11.1 Å². The first-order chi connectivity index (χ1) is 16.1. The van der Waals surface area contributed by atoms with E-state index in [-0.39, 0.29) is 11.1 Å². The third-order valence-electron chi connectivity index (χ3n) is 4.95. The number of carbonyl (C=O) groups excluding carboxylic acids is 4. The predicted molar refractivity (Wildman–Crippen MR) is 118 cm³/mol. The Morgan fingerprint density at radius 2 is 0.912 bits per heavy atom. The SMILES string of the molecule is C[C@@H](O)[C@H](NC(=O)c1ccc(-c2ccc(C(=O)N[C@H](C(=O)NO)[C@@H](C)O)cc2)cc1)C(=O)NO. The van der Waals surface area contributed by atoms with Crippen LogP contribution in [0, 0.1) is 0 Å². The smallest absolute Gasteiger partial charge is 0.268 e. The molecule has 182 valence electrons. The van der Waals surface area contributed by atoms with E-state index in [0.29, 0.717) is 11.1 Å². The second kappa shape index (κ2) is 11.9. The summed E-state index contributed by atoms with van der Waals surface area (Å²) < 4.78 is 0. The average molecular weight is 474 g/mol. The number of benzene rings is 2. The first-order valence-electron chi connectivity index (χ1n) is 10.1. The summed E-state index contributed by atoms with van der Waals surface area (Å²) in [7, 11) is 0. The Labute approximate surface area is 194 Å². The van der Waals surface area contributed by atoms with Crippen LogP contribution in [0.3, 0.4) is 0 Å². The van der Waals surface area contributed by atoms with Gasteiger partial charge in [0.25, 0.3) is 23.6 Å². The first-order valence-corrected chi connectivity index (χ1v) is 10.1. The molecular formula is C22H26N4O8. The van der Waals surface area contributed by atoms with Crippen LogP contribution in [0.2, 0.25) is 0 Å². The van der Waals surface area contributed by atoms with E-state index in [1.165, 1.54) is 49.1 Å². The van der Waals surface area contributed by atoms with Gasteiger partial charge in [0.2, 0.25) is 0 Å². The van der Waals surface area contributed by atoms with Crippen molar-refractivity contribution in [1.29, 1.82) is 0 Å². The molecule has 0 aliphatic carbocycles. The van der Waals surface area contributed by atoms with Gasteiger partial charge in [0.05, 0.1) is 12.2 Å². The van der Waals surface area contributed by atoms with Crippen LogP contribution in [0.4, 0.5) is 0 Å². The molecule has 12 nitrogen and oxygen atoms in total. The second-order valence-corrected chi connectivity index (χ2v) is 7.49. The van der Waals surface area contributed by atoms with Crippen LogP contribution in [0.25, 0.3) is 11.1 Å². The van der Waals surface area contributed by atoms with Gasteiger partial charge in [-0.2, -0.15) is 0 Å². The Kier molecular flexibility index (Phi) is 9.21. The number of hydrogen-bond donors (Lipinski definition) is 8. The van der Waals surface area contributed by atoms with E-state index in [2.05, 4.69) is 10.6 Å². The van der Waals surface area contributed by atoms with E-state index >= 15 is 0 Å². The minimum atomic E-state index is -1.34. The Hall–Kier alpha value is -3.84. The van der Waals surface area contributed by atoms with E-state index in [0.717, 1.165) is 0 Å². The maximum absolute atomic E-state index is 12.4. The highest BCUT2D eigenvalue weighted by molar-refractivity contribution is 5.99. The quantitative estimate of drug-likeness (QED) is 0.173. The summed E-state index contributed by atoms with van der Waals surface area (Å²) in [5, 5.41) is 41.4. The van der Waals surface area contributed by atoms with Gasteiger partial charge >= 0.3 is 0 Å². The van der Waals surface area contributed by atoms with Crippen molar-refractivity contribution in [2.75, 3.05) is 0 Å². The summed E-state index contributed by atoms with van der Waals surface area (Å²) in [6, 6.07) is 9.89. The van der Waals surface area contributed by atoms with E-state index in [4.69, 9.17) is 10.4 Å². The van der Waals surface area contributed by atoms with Crippen LogP contribution < -0.4 is 21.6 Å². The molecule has 0 bridgehead atoms. The highest BCUT2D eigenvalue weighted by Gasteiger charge is 2.26. The van der Waals surface area contributed by atoms with Crippen molar-refractivity contribution in [3.05, 3.63) is 59.7 Å². The van der Waals surface area contributed by atoms with Crippen molar-refractivity contribution in [2.24, 2.45) is 0 Å². The van der Waals surface area contributed by atoms with Crippen LogP contribution in [-0.4, -0.2) is 68.5 Å². The fourth-order valence-electron chi connectivity index (χ4n) is 3.03. The summed E-state index contributed by atoms with van der Waals surface area (Å²) in [4.78, 5) is 47.9. The molecule has 2 rings (SSSR count). The predicted octanol–water partition coefficient (Wildman–Crippen LogP) is -0.677. The van der Waals surface area contributed by atoms with Gasteiger partial charge in [-0.15, -0.1) is 0 Å². The minimum absolute atomic E-state index is 0.211. The fourth-order valence-corrected chi connectivity index (χ4v) is 3.03. The largest absolute Gasteiger partial charge is 0.391 e. The number of carbonyl (C=O) groups is 4. The molecule has 0 saturated heterocycles. The van der Waals surface area contributed by atoms with E-state index < -0.39 is 47.9 Å². The molecule has 0 aliphatic rings. The Bertz CT molecular complexity index is 939. The van der Waals surface area contributed by atoms with Gasteiger partial charge < -0.3 is 20.8 Å². The molecule has 2 aromatic carbocycles. The number of aliphatic hydroxyl groups excluding tert-OH is 2. The normalized spacial score (nSPS) is 14.2. The second-order valence-electron chi connectivity index (χ2n) is 7.49. The zero-order valence-corrected chi connectivity index (χ0v) is 18.4. The van der Waals surface area contributed by atoms with Crippen molar-refractivity contribution in [3.8, 4) is 11.1 Å². The summed E-state index contributed by atoms with van der Waals surface area (Å²) in [6.07, 6.45) is -2.47. The maximum atomic E-state index is 12.4. The van der Waals surface area contributed by atoms with Crippen molar-refractivity contribution < 1.29 is 39.8 Å². The Morgan fingerprint density at radius 3 is 1.15 bits per heavy atom. The molecule has 2 aromatic rings. The number of aliphatic hydroxyl groups is 2. The minimum Gasteiger partial charge on any atom is -0.391 e. The van der Waals surface area contributed by atoms with Crippen molar-refractivity contribution in [1.82, 2.24) is 21.6 Å². The van der Waals surface area contributed by atoms with E-state index in [1.807, 2.05) is 0 Å². The molecule has 4 atom stereocenters. The Morgan fingerprint density at radius 1 is 0.618 bits per heavy atom. The van der Waals surface area contributed by atoms with Crippen molar-refractivity contribution >= 4 is 23.6 Å². The molecule has 0 aliphatic heterocycles. The zero-order chi connectivity index (χ0) is 25.4. The molecule has 0 heterocycles. The molecular weight excluding hydrogens is 448 g/mol. The summed E-state index contributed by atoms with van der Waals surface area (Å²) in [6.45, 7) is 2.58. The highest BCUT2D eigenvalue weighted by Crippen LogP contribution is 2.21. The molecule has 4 amide bonds. The molecule has 0 radical (unpaired) electrons. The van der Waals surface area contributed by atoms with Gasteiger partial charge in [0.15, 0.2) is 0 Å². The van der Waals surface area contributed by atoms with Gasteiger partial charge in [-0.05, 0) is 49.2 Å². The lowest BCUT2D eigenvalue weighted by atomic mass is 10.0. The molecule has 34 heavy (non-hydrogen) atoms. The highest BCUT2D eigenvalue weighted by atomic mass is 16.5. The van der Waals surface area contributed by atoms with Gasteiger partial charge in [-0.25, -0.2) is 11.0 Å². The van der Waals surface area contributed by atoms with Crippen LogP contribution in [0.1, 0.15) is 34.6 Å². The van der Waals surface area contributed by atoms with Gasteiger partial charge in [0.1, 0.15) is 12.1 Å². The van der Waals surface area contributed by atoms with Gasteiger partial charge in [-0.3, -0.25) is 29.6 Å². The molecule has 0 saturated carbocycles. The summed E-state index contributed by atoms with van der Waals surface area (Å²) in [5.74, 6) is -3.18. The zero-order valence-electron chi connectivity index (χ0n) is 18.4. The molecule has 0 fully saturated rings. The standard InChI is InChI=1S/C22H26N4O8/c1-11(27)17(21(31)25-33)23-19(29)15-7-3-13(4-8-15)14-5-9-16(10-6-14)20(30)24-18(12(2)28)22(32)26-34/h3-12,17-18,27-28,33-34H,1-2H3,(H,23,29)(H,24,30)(H,25,31)(H,26,32)/t11-,12-,17+,18+/m1/s1. The van der Waals surface area contributed by atoms with E-state index in [9.17, 15) is 29.4 Å². The molecule has 0 spiro atoms. The monoisotopic (exact) mass is 474 g/mol. The van der Waals surface area contributed by atoms with Crippen LogP contribution in [0.15, 0.2) is 48.5 Å². The molecule has 0 aromatic heterocycles. The number of rotatable bonds is 9. The van der Waals surface area contributed by atoms with Crippen LogP contribution in [0.5, 0.6) is 0 Å². The fraction of sp³-hybridized carbons (Fsp3) is 0.273. The molecule has 8 N–H and O–H groups in total. The Balaban J connectivity index is 2.10. The van der Waals surface area contributed by atoms with E-state index in [1.54, 1.807) is 24.3 Å². The average Bonchev–Trinajstić information content (AvgIpc) is 2.84. The summed E-state index contributed by atoms with van der Waals surface area (Å²) >= 11 is 0. The topological polar surface area (TPSA) is 197 Å². The lowest BCUT2D eigenvalue weighted by Crippen LogP contribution is -2.51. The lowest BCUT2D eigenvalue weighted by Gasteiger charge is -2.19. The number of nitrogens with one attached hydrogen (secondary N) is 4. The third kappa shape index (κ3) is 6.59. The molecule has 12 heteroatoms. The number of hydroxylamine groups is 2.